The standard InChI is InChI=1S/C13H18N2O4/c1-13(2,3)19-12(18)10-5-4-8(7-15-10)9(6-14)11(16)17/h4-5,7,9H,6,14H2,1-3H3,(H,16,17). The molecule has 0 saturated carbocycles. The smallest absolute Gasteiger partial charge is 0.357 e. The summed E-state index contributed by atoms with van der Waals surface area (Å²) in [5, 5.41) is 8.96. The van der Waals surface area contributed by atoms with E-state index in [4.69, 9.17) is 15.6 Å². The van der Waals surface area contributed by atoms with Gasteiger partial charge in [0.2, 0.25) is 0 Å². The number of ether oxygens (including phenoxy) is 1. The van der Waals surface area contributed by atoms with Crippen LogP contribution in [0.25, 0.3) is 0 Å². The van der Waals surface area contributed by atoms with Crippen LogP contribution in [0.2, 0.25) is 0 Å². The molecule has 1 unspecified atom stereocenters. The van der Waals surface area contributed by atoms with Gasteiger partial charge in [-0.25, -0.2) is 9.78 Å². The Morgan fingerprint density at radius 2 is 2.05 bits per heavy atom. The number of aliphatic carboxylic acids is 1. The highest BCUT2D eigenvalue weighted by atomic mass is 16.6. The van der Waals surface area contributed by atoms with Gasteiger partial charge in [-0.3, -0.25) is 4.79 Å². The van der Waals surface area contributed by atoms with Gasteiger partial charge >= 0.3 is 11.9 Å². The van der Waals surface area contributed by atoms with Crippen molar-refractivity contribution in [3.05, 3.63) is 29.6 Å². The molecule has 0 radical (unpaired) electrons. The number of aromatic nitrogens is 1. The average Bonchev–Trinajstić information content (AvgIpc) is 2.28. The summed E-state index contributed by atoms with van der Waals surface area (Å²) in [6.07, 6.45) is 1.34. The summed E-state index contributed by atoms with van der Waals surface area (Å²) < 4.78 is 5.16. The van der Waals surface area contributed by atoms with Gasteiger partial charge < -0.3 is 15.6 Å². The number of rotatable bonds is 4. The lowest BCUT2D eigenvalue weighted by Crippen LogP contribution is -2.25. The van der Waals surface area contributed by atoms with Crippen molar-refractivity contribution in [1.29, 1.82) is 0 Å². The fourth-order valence-electron chi connectivity index (χ4n) is 1.44. The molecule has 0 amide bonds. The summed E-state index contributed by atoms with van der Waals surface area (Å²) in [4.78, 5) is 26.6. The second-order valence-corrected chi connectivity index (χ2v) is 5.11. The largest absolute Gasteiger partial charge is 0.481 e. The molecular formula is C13H18N2O4. The number of carbonyl (C=O) groups is 2. The van der Waals surface area contributed by atoms with Crippen molar-refractivity contribution >= 4 is 11.9 Å². The highest BCUT2D eigenvalue weighted by Gasteiger charge is 2.21. The SMILES string of the molecule is CC(C)(C)OC(=O)c1ccc(C(CN)C(=O)O)cn1. The number of carboxylic acids is 1. The van der Waals surface area contributed by atoms with Crippen molar-refractivity contribution in [2.75, 3.05) is 6.54 Å². The van der Waals surface area contributed by atoms with Crippen LogP contribution in [0.1, 0.15) is 42.7 Å². The van der Waals surface area contributed by atoms with Gasteiger partial charge in [-0.1, -0.05) is 6.07 Å². The van der Waals surface area contributed by atoms with Crippen molar-refractivity contribution in [1.82, 2.24) is 4.98 Å². The maximum atomic E-state index is 11.7. The number of esters is 1. The quantitative estimate of drug-likeness (QED) is 0.793. The third-order valence-electron chi connectivity index (χ3n) is 2.33. The fourth-order valence-corrected chi connectivity index (χ4v) is 1.44. The van der Waals surface area contributed by atoms with Gasteiger partial charge in [-0.2, -0.15) is 0 Å². The molecule has 0 aliphatic carbocycles. The average molecular weight is 266 g/mol. The zero-order chi connectivity index (χ0) is 14.6. The molecule has 0 aliphatic heterocycles. The predicted octanol–water partition coefficient (Wildman–Crippen LogP) is 1.16. The summed E-state index contributed by atoms with van der Waals surface area (Å²) in [5.41, 5.74) is 5.39. The highest BCUT2D eigenvalue weighted by molar-refractivity contribution is 5.87. The lowest BCUT2D eigenvalue weighted by molar-refractivity contribution is -0.138. The molecule has 1 rings (SSSR count). The van der Waals surface area contributed by atoms with Gasteiger partial charge in [-0.15, -0.1) is 0 Å². The first-order valence-corrected chi connectivity index (χ1v) is 5.87. The predicted molar refractivity (Wildman–Crippen MR) is 68.8 cm³/mol. The molecule has 0 saturated heterocycles. The van der Waals surface area contributed by atoms with E-state index in [0.29, 0.717) is 5.56 Å². The summed E-state index contributed by atoms with van der Waals surface area (Å²) in [6.45, 7) is 5.25. The van der Waals surface area contributed by atoms with E-state index in [2.05, 4.69) is 4.98 Å². The van der Waals surface area contributed by atoms with E-state index < -0.39 is 23.5 Å². The Morgan fingerprint density at radius 3 is 2.42 bits per heavy atom. The van der Waals surface area contributed by atoms with Gasteiger partial charge in [0.05, 0.1) is 5.92 Å². The maximum absolute atomic E-state index is 11.7. The van der Waals surface area contributed by atoms with Crippen molar-refractivity contribution in [3.8, 4) is 0 Å². The Labute approximate surface area is 111 Å². The molecule has 1 aromatic rings. The van der Waals surface area contributed by atoms with E-state index in [-0.39, 0.29) is 12.2 Å². The number of carbonyl (C=O) groups excluding carboxylic acids is 1. The third-order valence-corrected chi connectivity index (χ3v) is 2.33. The van der Waals surface area contributed by atoms with Crippen LogP contribution < -0.4 is 5.73 Å². The molecule has 3 N–H and O–H groups in total. The normalized spacial score (nSPS) is 12.8. The van der Waals surface area contributed by atoms with E-state index in [1.165, 1.54) is 18.3 Å². The summed E-state index contributed by atoms with van der Waals surface area (Å²) >= 11 is 0. The van der Waals surface area contributed by atoms with Crippen LogP contribution in [0.4, 0.5) is 0 Å². The maximum Gasteiger partial charge on any atom is 0.357 e. The number of nitrogens with two attached hydrogens (primary N) is 1. The summed E-state index contributed by atoms with van der Waals surface area (Å²) in [7, 11) is 0. The van der Waals surface area contributed by atoms with Crippen LogP contribution in [0.5, 0.6) is 0 Å². The molecule has 1 heterocycles. The molecule has 0 spiro atoms. The first kappa shape index (κ1) is 15.1. The first-order valence-electron chi connectivity index (χ1n) is 5.87. The van der Waals surface area contributed by atoms with E-state index in [0.717, 1.165) is 0 Å². The second-order valence-electron chi connectivity index (χ2n) is 5.11. The van der Waals surface area contributed by atoms with Crippen molar-refractivity contribution in [3.63, 3.8) is 0 Å². The van der Waals surface area contributed by atoms with E-state index in [9.17, 15) is 9.59 Å². The molecule has 0 bridgehead atoms. The van der Waals surface area contributed by atoms with Crippen molar-refractivity contribution < 1.29 is 19.4 Å². The Kier molecular flexibility index (Phi) is 4.61. The number of carboxylic acid groups (broad SMARTS) is 1. The van der Waals surface area contributed by atoms with Crippen molar-refractivity contribution in [2.24, 2.45) is 5.73 Å². The minimum absolute atomic E-state index is 0.0250. The molecule has 0 aliphatic rings. The number of hydrogen-bond donors (Lipinski definition) is 2. The summed E-state index contributed by atoms with van der Waals surface area (Å²) in [6, 6.07) is 2.97. The molecule has 0 fully saturated rings. The Balaban J connectivity index is 2.87. The first-order chi connectivity index (χ1) is 8.74. The lowest BCUT2D eigenvalue weighted by atomic mass is 10.0. The summed E-state index contributed by atoms with van der Waals surface area (Å²) in [5.74, 6) is -2.38. The number of pyridine rings is 1. The van der Waals surface area contributed by atoms with Crippen LogP contribution >= 0.6 is 0 Å². The van der Waals surface area contributed by atoms with E-state index in [1.807, 2.05) is 0 Å². The molecule has 1 atom stereocenters. The van der Waals surface area contributed by atoms with E-state index in [1.54, 1.807) is 20.8 Å². The van der Waals surface area contributed by atoms with Gasteiger partial charge in [0, 0.05) is 12.7 Å². The molecule has 104 valence electrons. The van der Waals surface area contributed by atoms with Gasteiger partial charge in [-0.05, 0) is 32.4 Å². The van der Waals surface area contributed by atoms with Crippen LogP contribution in [0.15, 0.2) is 18.3 Å². The molecule has 1 aromatic heterocycles. The Morgan fingerprint density at radius 1 is 1.42 bits per heavy atom. The van der Waals surface area contributed by atoms with E-state index >= 15 is 0 Å². The van der Waals surface area contributed by atoms with Crippen LogP contribution in [-0.2, 0) is 9.53 Å². The Bertz CT molecular complexity index is 463. The van der Waals surface area contributed by atoms with Crippen LogP contribution in [0.3, 0.4) is 0 Å². The number of hydrogen-bond acceptors (Lipinski definition) is 5. The third kappa shape index (κ3) is 4.33. The van der Waals surface area contributed by atoms with Gasteiger partial charge in [0.25, 0.3) is 0 Å². The monoisotopic (exact) mass is 266 g/mol. The molecule has 0 aromatic carbocycles. The van der Waals surface area contributed by atoms with Crippen molar-refractivity contribution in [2.45, 2.75) is 32.3 Å². The topological polar surface area (TPSA) is 103 Å². The lowest BCUT2D eigenvalue weighted by Gasteiger charge is -2.19. The van der Waals surface area contributed by atoms with Gasteiger partial charge in [0.15, 0.2) is 0 Å². The zero-order valence-electron chi connectivity index (χ0n) is 11.2. The molecule has 6 nitrogen and oxygen atoms in total. The minimum Gasteiger partial charge on any atom is -0.481 e. The zero-order valence-corrected chi connectivity index (χ0v) is 11.2. The van der Waals surface area contributed by atoms with Gasteiger partial charge in [0.1, 0.15) is 11.3 Å². The number of nitrogens with zero attached hydrogens (tertiary/aromatic N) is 1. The molecule has 19 heavy (non-hydrogen) atoms. The highest BCUT2D eigenvalue weighted by Crippen LogP contribution is 2.16. The van der Waals surface area contributed by atoms with Crippen LogP contribution in [0, 0.1) is 0 Å². The minimum atomic E-state index is -1.02. The molecular weight excluding hydrogens is 248 g/mol. The fraction of sp³-hybridized carbons (Fsp3) is 0.462. The molecule has 6 heteroatoms. The van der Waals surface area contributed by atoms with Crippen LogP contribution in [-0.4, -0.2) is 34.2 Å². The second kappa shape index (κ2) is 5.79. The Hall–Kier alpha value is -1.95.